The zero-order valence-electron chi connectivity index (χ0n) is 14.6. The van der Waals surface area contributed by atoms with Crippen molar-refractivity contribution >= 4 is 41.9 Å². The maximum atomic E-state index is 11.2. The molecule has 8 heteroatoms. The average Bonchev–Trinajstić information content (AvgIpc) is 2.54. The Hall–Kier alpha value is -0.930. The number of nitrogens with one attached hydrogen (secondary N) is 1. The molecule has 5 nitrogen and oxygen atoms in total. The molecule has 0 heterocycles. The van der Waals surface area contributed by atoms with Crippen LogP contribution in [0.5, 0.6) is 5.75 Å². The lowest BCUT2D eigenvalue weighted by molar-refractivity contribution is 0.239. The molecule has 0 aliphatic rings. The van der Waals surface area contributed by atoms with E-state index >= 15 is 0 Å². The third-order valence-corrected chi connectivity index (χ3v) is 5.69. The van der Waals surface area contributed by atoms with Crippen LogP contribution < -0.4 is 15.2 Å². The smallest absolute Gasteiger partial charge is 0.238 e. The van der Waals surface area contributed by atoms with Gasteiger partial charge in [0.05, 0.1) is 19.9 Å². The van der Waals surface area contributed by atoms with E-state index in [2.05, 4.69) is 37.2 Å². The zero-order chi connectivity index (χ0) is 19.3. The molecule has 142 valence electrons. The molecule has 0 fully saturated rings. The van der Waals surface area contributed by atoms with Gasteiger partial charge in [-0.05, 0) is 94.1 Å². The summed E-state index contributed by atoms with van der Waals surface area (Å²) in [5.74, 6) is 0.804. The van der Waals surface area contributed by atoms with Crippen molar-refractivity contribution in [1.29, 1.82) is 0 Å². The molecule has 0 unspecified atom stereocenters. The Morgan fingerprint density at radius 3 is 2.15 bits per heavy atom. The highest BCUT2D eigenvalue weighted by Crippen LogP contribution is 2.35. The van der Waals surface area contributed by atoms with E-state index in [4.69, 9.17) is 9.88 Å². The van der Waals surface area contributed by atoms with Gasteiger partial charge in [0.15, 0.2) is 0 Å². The molecule has 0 amide bonds. The van der Waals surface area contributed by atoms with Crippen LogP contribution in [0.2, 0.25) is 0 Å². The van der Waals surface area contributed by atoms with Crippen molar-refractivity contribution in [3.05, 3.63) is 56.5 Å². The minimum Gasteiger partial charge on any atom is -0.489 e. The Kier molecular flexibility index (Phi) is 7.66. The molecule has 0 atom stereocenters. The van der Waals surface area contributed by atoms with Crippen LogP contribution in [0.1, 0.15) is 25.0 Å². The highest BCUT2D eigenvalue weighted by molar-refractivity contribution is 9.11. The fraction of sp³-hybridized carbons (Fsp3) is 0.333. The SMILES string of the molecule is CC(C)Oc1c(Br)cc(CNCCc2ccc(S(N)(=O)=O)cc2)cc1Br. The average molecular weight is 506 g/mol. The molecule has 0 saturated heterocycles. The number of sulfonamides is 1. The van der Waals surface area contributed by atoms with Gasteiger partial charge >= 0.3 is 0 Å². The summed E-state index contributed by atoms with van der Waals surface area (Å²) in [4.78, 5) is 0.132. The van der Waals surface area contributed by atoms with Gasteiger partial charge in [-0.1, -0.05) is 12.1 Å². The van der Waals surface area contributed by atoms with E-state index in [1.54, 1.807) is 12.1 Å². The van der Waals surface area contributed by atoms with Crippen molar-refractivity contribution in [2.75, 3.05) is 6.54 Å². The van der Waals surface area contributed by atoms with Gasteiger partial charge in [0.1, 0.15) is 5.75 Å². The minimum atomic E-state index is -3.63. The standard InChI is InChI=1S/C18H22Br2N2O3S/c1-12(2)25-18-16(19)9-14(10-17(18)20)11-22-8-7-13-3-5-15(6-4-13)26(21,23)24/h3-6,9-10,12,22H,7-8,11H2,1-2H3,(H2,21,23,24). The summed E-state index contributed by atoms with van der Waals surface area (Å²) in [6.45, 7) is 5.47. The van der Waals surface area contributed by atoms with Gasteiger partial charge in [0.2, 0.25) is 10.0 Å². The van der Waals surface area contributed by atoms with Crippen LogP contribution >= 0.6 is 31.9 Å². The van der Waals surface area contributed by atoms with Gasteiger partial charge in [-0.25, -0.2) is 13.6 Å². The fourth-order valence-electron chi connectivity index (χ4n) is 2.37. The molecule has 2 aromatic rings. The molecule has 0 aliphatic heterocycles. The second-order valence-corrected chi connectivity index (χ2v) is 9.44. The largest absolute Gasteiger partial charge is 0.489 e. The van der Waals surface area contributed by atoms with E-state index in [0.717, 1.165) is 38.8 Å². The summed E-state index contributed by atoms with van der Waals surface area (Å²) in [6, 6.07) is 10.7. The molecule has 2 rings (SSSR count). The second-order valence-electron chi connectivity index (χ2n) is 6.17. The van der Waals surface area contributed by atoms with Crippen LogP contribution in [0.15, 0.2) is 50.2 Å². The summed E-state index contributed by atoms with van der Waals surface area (Å²) < 4.78 is 30.1. The van der Waals surface area contributed by atoms with Crippen molar-refractivity contribution < 1.29 is 13.2 Å². The molecule has 0 aromatic heterocycles. The molecule has 0 saturated carbocycles. The number of rotatable bonds is 8. The number of halogens is 2. The van der Waals surface area contributed by atoms with Gasteiger partial charge in [-0.3, -0.25) is 0 Å². The molecular weight excluding hydrogens is 484 g/mol. The number of hydrogen-bond donors (Lipinski definition) is 2. The first-order chi connectivity index (χ1) is 12.2. The monoisotopic (exact) mass is 504 g/mol. The van der Waals surface area contributed by atoms with Crippen LogP contribution in [-0.4, -0.2) is 21.1 Å². The Bertz CT molecular complexity index is 830. The summed E-state index contributed by atoms with van der Waals surface area (Å²) in [7, 11) is -3.63. The van der Waals surface area contributed by atoms with Crippen LogP contribution in [-0.2, 0) is 23.0 Å². The van der Waals surface area contributed by atoms with E-state index < -0.39 is 10.0 Å². The number of ether oxygens (including phenoxy) is 1. The Balaban J connectivity index is 1.88. The van der Waals surface area contributed by atoms with E-state index in [0.29, 0.717) is 6.54 Å². The van der Waals surface area contributed by atoms with E-state index in [-0.39, 0.29) is 11.0 Å². The maximum absolute atomic E-state index is 11.2. The topological polar surface area (TPSA) is 81.4 Å². The van der Waals surface area contributed by atoms with Crippen molar-refractivity contribution in [2.45, 2.75) is 37.8 Å². The number of primary sulfonamides is 1. The molecule has 26 heavy (non-hydrogen) atoms. The molecule has 0 bridgehead atoms. The fourth-order valence-corrected chi connectivity index (χ4v) is 4.36. The lowest BCUT2D eigenvalue weighted by Gasteiger charge is -2.15. The molecule has 0 spiro atoms. The normalized spacial score (nSPS) is 11.8. The second kappa shape index (κ2) is 9.32. The van der Waals surface area contributed by atoms with Crippen LogP contribution in [0.3, 0.4) is 0 Å². The molecule has 2 aromatic carbocycles. The minimum absolute atomic E-state index is 0.104. The van der Waals surface area contributed by atoms with E-state index in [9.17, 15) is 8.42 Å². The summed E-state index contributed by atoms with van der Waals surface area (Å²) >= 11 is 7.11. The molecular formula is C18H22Br2N2O3S. The van der Waals surface area contributed by atoms with Crippen molar-refractivity contribution in [1.82, 2.24) is 5.32 Å². The van der Waals surface area contributed by atoms with Crippen molar-refractivity contribution in [3.63, 3.8) is 0 Å². The van der Waals surface area contributed by atoms with Gasteiger partial charge in [-0.2, -0.15) is 0 Å². The maximum Gasteiger partial charge on any atom is 0.238 e. The molecule has 3 N–H and O–H groups in total. The van der Waals surface area contributed by atoms with Crippen molar-refractivity contribution in [2.24, 2.45) is 5.14 Å². The Morgan fingerprint density at radius 2 is 1.65 bits per heavy atom. The lowest BCUT2D eigenvalue weighted by Crippen LogP contribution is -2.17. The summed E-state index contributed by atoms with van der Waals surface area (Å²) in [5.41, 5.74) is 2.18. The van der Waals surface area contributed by atoms with Gasteiger partial charge in [-0.15, -0.1) is 0 Å². The molecule has 0 radical (unpaired) electrons. The summed E-state index contributed by atoms with van der Waals surface area (Å²) in [6.07, 6.45) is 0.897. The van der Waals surface area contributed by atoms with Crippen LogP contribution in [0, 0.1) is 0 Å². The molecule has 0 aliphatic carbocycles. The highest BCUT2D eigenvalue weighted by Gasteiger charge is 2.10. The Labute approximate surface area is 171 Å². The first-order valence-corrected chi connectivity index (χ1v) is 11.3. The predicted molar refractivity (Wildman–Crippen MR) is 111 cm³/mol. The lowest BCUT2D eigenvalue weighted by atomic mass is 10.1. The first-order valence-electron chi connectivity index (χ1n) is 8.14. The third-order valence-electron chi connectivity index (χ3n) is 3.58. The van der Waals surface area contributed by atoms with Crippen LogP contribution in [0.25, 0.3) is 0 Å². The number of benzene rings is 2. The van der Waals surface area contributed by atoms with E-state index in [1.165, 1.54) is 12.1 Å². The summed E-state index contributed by atoms with van der Waals surface area (Å²) in [5, 5.41) is 8.48. The van der Waals surface area contributed by atoms with Gasteiger partial charge in [0.25, 0.3) is 0 Å². The Morgan fingerprint density at radius 1 is 1.08 bits per heavy atom. The predicted octanol–water partition coefficient (Wildman–Crippen LogP) is 3.98. The van der Waals surface area contributed by atoms with Crippen LogP contribution in [0.4, 0.5) is 0 Å². The van der Waals surface area contributed by atoms with Gasteiger partial charge < -0.3 is 10.1 Å². The highest BCUT2D eigenvalue weighted by atomic mass is 79.9. The quantitative estimate of drug-likeness (QED) is 0.531. The van der Waals surface area contributed by atoms with Crippen molar-refractivity contribution in [3.8, 4) is 5.75 Å². The number of nitrogens with two attached hydrogens (primary N) is 1. The zero-order valence-corrected chi connectivity index (χ0v) is 18.6. The first kappa shape index (κ1) is 21.4. The van der Waals surface area contributed by atoms with E-state index in [1.807, 2.05) is 26.0 Å². The third kappa shape index (κ3) is 6.35. The van der Waals surface area contributed by atoms with Gasteiger partial charge in [0, 0.05) is 6.54 Å². The number of hydrogen-bond acceptors (Lipinski definition) is 4.